The summed E-state index contributed by atoms with van der Waals surface area (Å²) in [6.45, 7) is 2.35. The van der Waals surface area contributed by atoms with E-state index in [1.54, 1.807) is 12.1 Å². The van der Waals surface area contributed by atoms with Gasteiger partial charge in [-0.25, -0.2) is 4.39 Å². The minimum absolute atomic E-state index is 0. The number of halogens is 4. The van der Waals surface area contributed by atoms with Gasteiger partial charge in [0.25, 0.3) is 0 Å². The summed E-state index contributed by atoms with van der Waals surface area (Å²) in [7, 11) is 0. The Morgan fingerprint density at radius 1 is 1.19 bits per heavy atom. The topological polar surface area (TPSA) is 96.0 Å². The Kier molecular flexibility index (Phi) is 7.11. The molecule has 2 aromatic heterocycles. The standard InChI is InChI=1S/C24H24F4N6O2.CH4.2H2/c1-14-8-20(33-32-14)29-19-10-21(34-12-23(25,13-34)16-4-5-16)31-22(30-19)36-18-6-2-15(3-7-18)9-17(35)11-24(26,27)28;;;/h2-3,6-8,10,16H,4-5,9,11-13H2,1H3,(H2,29,30,31,32,33);1H4;2*1H. The first kappa shape index (κ1) is 26.4. The van der Waals surface area contributed by atoms with Crippen LogP contribution in [0, 0.1) is 12.8 Å². The van der Waals surface area contributed by atoms with Crippen LogP contribution in [0.2, 0.25) is 0 Å². The van der Waals surface area contributed by atoms with Crippen molar-refractivity contribution in [1.82, 2.24) is 20.2 Å². The van der Waals surface area contributed by atoms with Gasteiger partial charge >= 0.3 is 12.2 Å². The number of anilines is 3. The van der Waals surface area contributed by atoms with Crippen LogP contribution in [0.15, 0.2) is 36.4 Å². The second-order valence-electron chi connectivity index (χ2n) is 9.37. The third-order valence-electron chi connectivity index (χ3n) is 6.13. The van der Waals surface area contributed by atoms with Crippen LogP contribution in [0.25, 0.3) is 0 Å². The van der Waals surface area contributed by atoms with Crippen molar-refractivity contribution in [3.8, 4) is 11.8 Å². The number of hydrogen-bond donors (Lipinski definition) is 2. The van der Waals surface area contributed by atoms with E-state index in [9.17, 15) is 22.4 Å². The van der Waals surface area contributed by atoms with Gasteiger partial charge < -0.3 is 15.0 Å². The number of ketones is 1. The van der Waals surface area contributed by atoms with Gasteiger partial charge in [-0.3, -0.25) is 9.89 Å². The predicted molar refractivity (Wildman–Crippen MR) is 134 cm³/mol. The number of carbonyl (C=O) groups excluding carboxylic acids is 1. The summed E-state index contributed by atoms with van der Waals surface area (Å²) in [4.78, 5) is 22.2. The molecule has 2 N–H and O–H groups in total. The number of nitrogens with one attached hydrogen (secondary N) is 2. The zero-order chi connectivity index (χ0) is 25.5. The lowest BCUT2D eigenvalue weighted by molar-refractivity contribution is -0.151. The van der Waals surface area contributed by atoms with Gasteiger partial charge in [0.15, 0.2) is 5.82 Å². The zero-order valence-electron chi connectivity index (χ0n) is 19.4. The van der Waals surface area contributed by atoms with Gasteiger partial charge in [0.2, 0.25) is 0 Å². The highest BCUT2D eigenvalue weighted by atomic mass is 19.4. The Balaban J connectivity index is 0.00000178. The molecule has 1 aliphatic heterocycles. The van der Waals surface area contributed by atoms with Crippen molar-refractivity contribution in [2.24, 2.45) is 5.92 Å². The summed E-state index contributed by atoms with van der Waals surface area (Å²) in [6.07, 6.45) is -4.50. The summed E-state index contributed by atoms with van der Waals surface area (Å²) in [5.74, 6) is 0.968. The smallest absolute Gasteiger partial charge is 0.395 e. The van der Waals surface area contributed by atoms with Crippen LogP contribution in [-0.4, -0.2) is 50.9 Å². The molecule has 1 saturated heterocycles. The van der Waals surface area contributed by atoms with Crippen LogP contribution < -0.4 is 15.0 Å². The minimum Gasteiger partial charge on any atom is -0.424 e. The Morgan fingerprint density at radius 2 is 1.89 bits per heavy atom. The van der Waals surface area contributed by atoms with E-state index in [-0.39, 0.29) is 41.7 Å². The molecule has 1 saturated carbocycles. The summed E-state index contributed by atoms with van der Waals surface area (Å²) in [5, 5.41) is 10.0. The van der Waals surface area contributed by atoms with Crippen molar-refractivity contribution in [1.29, 1.82) is 0 Å². The van der Waals surface area contributed by atoms with E-state index in [1.165, 1.54) is 24.3 Å². The number of benzene rings is 1. The zero-order valence-corrected chi connectivity index (χ0v) is 19.4. The number of ether oxygens (including phenoxy) is 1. The van der Waals surface area contributed by atoms with Crippen LogP contribution in [0.3, 0.4) is 0 Å². The molecule has 1 aliphatic carbocycles. The fourth-order valence-corrected chi connectivity index (χ4v) is 4.20. The summed E-state index contributed by atoms with van der Waals surface area (Å²) < 4.78 is 57.9. The lowest BCUT2D eigenvalue weighted by Crippen LogP contribution is -2.60. The summed E-state index contributed by atoms with van der Waals surface area (Å²) in [5.41, 5.74) is 0.0898. The van der Waals surface area contributed by atoms with Crippen molar-refractivity contribution in [3.63, 3.8) is 0 Å². The number of alkyl halides is 4. The van der Waals surface area contributed by atoms with E-state index in [1.807, 2.05) is 11.8 Å². The first-order chi connectivity index (χ1) is 17.0. The van der Waals surface area contributed by atoms with Crippen molar-refractivity contribution in [2.75, 3.05) is 23.3 Å². The second kappa shape index (κ2) is 9.98. The van der Waals surface area contributed by atoms with E-state index in [0.29, 0.717) is 28.8 Å². The number of Topliss-reactive ketones (excluding diaryl/α,β-unsaturated/α-hetero) is 1. The lowest BCUT2D eigenvalue weighted by Gasteiger charge is -2.45. The Hall–Kier alpha value is -3.70. The van der Waals surface area contributed by atoms with Gasteiger partial charge in [0.1, 0.15) is 35.3 Å². The van der Waals surface area contributed by atoms with E-state index in [2.05, 4.69) is 25.5 Å². The fourth-order valence-electron chi connectivity index (χ4n) is 4.20. The molecule has 5 rings (SSSR count). The number of H-pyrrole nitrogens is 1. The molecule has 37 heavy (non-hydrogen) atoms. The molecule has 0 spiro atoms. The molecule has 3 heterocycles. The Morgan fingerprint density at radius 3 is 2.49 bits per heavy atom. The molecule has 0 amide bonds. The molecular formula is C25H32F4N6O2. The van der Waals surface area contributed by atoms with E-state index >= 15 is 0 Å². The largest absolute Gasteiger partial charge is 0.424 e. The van der Waals surface area contributed by atoms with Crippen LogP contribution >= 0.6 is 0 Å². The Labute approximate surface area is 214 Å². The normalized spacial score (nSPS) is 16.5. The molecular weight excluding hydrogens is 492 g/mol. The second-order valence-corrected chi connectivity index (χ2v) is 9.37. The van der Waals surface area contributed by atoms with E-state index < -0.39 is 24.0 Å². The van der Waals surface area contributed by atoms with E-state index in [4.69, 9.17) is 4.74 Å². The summed E-state index contributed by atoms with van der Waals surface area (Å²) in [6, 6.07) is 9.58. The van der Waals surface area contributed by atoms with Gasteiger partial charge in [-0.1, -0.05) is 19.6 Å². The molecule has 12 heteroatoms. The van der Waals surface area contributed by atoms with Crippen molar-refractivity contribution >= 4 is 23.2 Å². The maximum Gasteiger partial charge on any atom is 0.395 e. The number of aryl methyl sites for hydroxylation is 1. The molecule has 0 bridgehead atoms. The molecule has 0 radical (unpaired) electrons. The van der Waals surface area contributed by atoms with Gasteiger partial charge in [0, 0.05) is 27.1 Å². The molecule has 3 aromatic rings. The predicted octanol–water partition coefficient (Wildman–Crippen LogP) is 6.17. The number of rotatable bonds is 9. The molecule has 1 aromatic carbocycles. The highest BCUT2D eigenvalue weighted by molar-refractivity contribution is 5.81. The molecule has 0 atom stereocenters. The first-order valence-electron chi connectivity index (χ1n) is 11.5. The van der Waals surface area contributed by atoms with Gasteiger partial charge in [-0.15, -0.1) is 0 Å². The maximum absolute atomic E-state index is 14.9. The monoisotopic (exact) mass is 524 g/mol. The number of hydrogen-bond acceptors (Lipinski definition) is 7. The molecule has 2 aliphatic rings. The number of carbonyl (C=O) groups is 1. The minimum atomic E-state index is -4.53. The summed E-state index contributed by atoms with van der Waals surface area (Å²) >= 11 is 0. The van der Waals surface area contributed by atoms with Gasteiger partial charge in [-0.05, 0) is 43.4 Å². The first-order valence-corrected chi connectivity index (χ1v) is 11.5. The quantitative estimate of drug-likeness (QED) is 0.323. The SMILES string of the molecule is C.Cc1cc(Nc2cc(N3CC(F)(C4CC4)C3)nc(Oc3ccc(CC(=O)CC(F)(F)F)cc3)n2)n[nH]1.[HH].[HH]. The third-order valence-corrected chi connectivity index (χ3v) is 6.13. The highest BCUT2D eigenvalue weighted by Gasteiger charge is 2.54. The van der Waals surface area contributed by atoms with Crippen LogP contribution in [0.1, 0.15) is 40.8 Å². The van der Waals surface area contributed by atoms with Crippen molar-refractivity contribution in [2.45, 2.75) is 51.9 Å². The molecule has 8 nitrogen and oxygen atoms in total. The molecule has 202 valence electrons. The van der Waals surface area contributed by atoms with Gasteiger partial charge in [0.05, 0.1) is 13.1 Å². The number of nitrogens with zero attached hydrogens (tertiary/aromatic N) is 4. The van der Waals surface area contributed by atoms with Gasteiger partial charge in [-0.2, -0.15) is 28.2 Å². The third kappa shape index (κ3) is 6.55. The highest BCUT2D eigenvalue weighted by Crippen LogP contribution is 2.48. The lowest BCUT2D eigenvalue weighted by atomic mass is 9.91. The average molecular weight is 525 g/mol. The number of aromatic amines is 1. The number of aromatic nitrogens is 4. The van der Waals surface area contributed by atoms with Crippen LogP contribution in [0.4, 0.5) is 35.0 Å². The van der Waals surface area contributed by atoms with Crippen molar-refractivity contribution in [3.05, 3.63) is 47.7 Å². The van der Waals surface area contributed by atoms with E-state index in [0.717, 1.165) is 18.5 Å². The molecule has 2 fully saturated rings. The van der Waals surface area contributed by atoms with Crippen LogP contribution in [0.5, 0.6) is 11.8 Å². The average Bonchev–Trinajstić information content (AvgIpc) is 3.54. The van der Waals surface area contributed by atoms with Crippen LogP contribution in [-0.2, 0) is 11.2 Å². The Bertz CT molecular complexity index is 1260. The maximum atomic E-state index is 14.9. The van der Waals surface area contributed by atoms with Crippen molar-refractivity contribution < 1.29 is 29.9 Å². The molecule has 0 unspecified atom stereocenters. The fraction of sp³-hybridized carbons (Fsp3) is 0.440.